The molecule has 6 aromatic heterocycles. The quantitative estimate of drug-likeness (QED) is 0.0471. The van der Waals surface area contributed by atoms with Crippen LogP contribution >= 0.6 is 68.0 Å². The van der Waals surface area contributed by atoms with Crippen LogP contribution in [0.25, 0.3) is 60.9 Å². The molecule has 7 rings (SSSR count). The Morgan fingerprint density at radius 2 is 1.09 bits per heavy atom. The van der Waals surface area contributed by atoms with Crippen molar-refractivity contribution in [3.8, 4) is 30.6 Å². The average molecular weight is 1200 g/mol. The van der Waals surface area contributed by atoms with E-state index in [2.05, 4.69) is 83.5 Å². The number of carbonyl (C=O) groups is 1. The normalized spacial score (nSPS) is 14.5. The summed E-state index contributed by atoms with van der Waals surface area (Å²) in [5, 5.41) is 1.98. The zero-order valence-corrected chi connectivity index (χ0v) is 47.6. The SMILES string of the molecule is CCCCC(CC)Cc1ccc(-c2c3cc(C(C)(C)C)sc3c(-c3ccc(CC(CC)CCCC)s3)c3cc(-c4sc(C)c5c(F)c(C(=O)OCCC(F)(F)C(F)(F)C(F)(F)C(F)(F)C(F)(F)C(F)(F)F)sc45)sc23)s1. The number of rotatable bonds is 23. The van der Waals surface area contributed by atoms with E-state index < -0.39 is 65.5 Å². The first-order chi connectivity index (χ1) is 35.3. The van der Waals surface area contributed by atoms with Gasteiger partial charge in [0.1, 0.15) is 4.88 Å². The van der Waals surface area contributed by atoms with Gasteiger partial charge < -0.3 is 4.74 Å². The fourth-order valence-corrected chi connectivity index (χ4v) is 16.8. The van der Waals surface area contributed by atoms with Crippen LogP contribution in [-0.2, 0) is 23.0 Å². The molecule has 418 valence electrons. The van der Waals surface area contributed by atoms with E-state index in [0.29, 0.717) is 37.8 Å². The van der Waals surface area contributed by atoms with Crippen molar-refractivity contribution >= 4 is 104 Å². The highest BCUT2D eigenvalue weighted by Gasteiger charge is 2.90. The summed E-state index contributed by atoms with van der Waals surface area (Å²) in [6, 6.07) is 13.1. The highest BCUT2D eigenvalue weighted by Crippen LogP contribution is 2.61. The molecule has 0 bridgehead atoms. The Kier molecular flexibility index (Phi) is 17.7. The number of benzene rings is 1. The smallest absolute Gasteiger partial charge is 0.460 e. The molecule has 0 N–H and O–H groups in total. The highest BCUT2D eigenvalue weighted by atomic mass is 32.1. The van der Waals surface area contributed by atoms with E-state index >= 15 is 4.39 Å². The van der Waals surface area contributed by atoms with Crippen LogP contribution in [0.15, 0.2) is 36.4 Å². The molecule has 2 atom stereocenters. The van der Waals surface area contributed by atoms with Gasteiger partial charge in [-0.15, -0.1) is 68.0 Å². The monoisotopic (exact) mass is 1190 g/mol. The predicted octanol–water partition coefficient (Wildman–Crippen LogP) is 22.1. The van der Waals surface area contributed by atoms with Gasteiger partial charge in [-0.1, -0.05) is 99.8 Å². The molecular weight excluding hydrogens is 1140 g/mol. The van der Waals surface area contributed by atoms with Gasteiger partial charge in [0.25, 0.3) is 0 Å². The minimum absolute atomic E-state index is 0.0529. The lowest BCUT2D eigenvalue weighted by Crippen LogP contribution is -2.70. The second-order valence-corrected chi connectivity index (χ2v) is 27.0. The van der Waals surface area contributed by atoms with Gasteiger partial charge in [-0.3, -0.25) is 0 Å². The molecule has 2 unspecified atom stereocenters. The Balaban J connectivity index is 1.31. The van der Waals surface area contributed by atoms with Gasteiger partial charge in [0.2, 0.25) is 0 Å². The summed E-state index contributed by atoms with van der Waals surface area (Å²) in [4.78, 5) is 19.9. The molecule has 0 radical (unpaired) electrons. The van der Waals surface area contributed by atoms with Crippen LogP contribution in [0.1, 0.15) is 135 Å². The van der Waals surface area contributed by atoms with E-state index in [4.69, 9.17) is 0 Å². The minimum Gasteiger partial charge on any atom is -0.461 e. The van der Waals surface area contributed by atoms with Crippen LogP contribution in [0, 0.1) is 24.6 Å². The average Bonchev–Trinajstić information content (AvgIpc) is 4.21. The number of thiophene rings is 6. The van der Waals surface area contributed by atoms with Crippen molar-refractivity contribution in [3.63, 3.8) is 0 Å². The molecule has 0 spiro atoms. The Bertz CT molecular complexity index is 3060. The van der Waals surface area contributed by atoms with E-state index in [-0.39, 0.29) is 15.5 Å². The molecule has 0 aliphatic heterocycles. The van der Waals surface area contributed by atoms with Crippen LogP contribution in [0.3, 0.4) is 0 Å². The molecule has 0 amide bonds. The van der Waals surface area contributed by atoms with Crippen molar-refractivity contribution in [2.24, 2.45) is 11.8 Å². The lowest BCUT2D eigenvalue weighted by Gasteiger charge is -2.39. The largest absolute Gasteiger partial charge is 0.461 e. The number of hydrogen-bond acceptors (Lipinski definition) is 8. The summed E-state index contributed by atoms with van der Waals surface area (Å²) < 4.78 is 202. The summed E-state index contributed by atoms with van der Waals surface area (Å²) in [6.07, 6.45) is 0.393. The molecule has 0 aliphatic carbocycles. The first-order valence-electron chi connectivity index (χ1n) is 24.9. The Morgan fingerprint density at radius 3 is 1.58 bits per heavy atom. The second-order valence-electron chi connectivity index (χ2n) is 20.3. The molecule has 2 nitrogen and oxygen atoms in total. The summed E-state index contributed by atoms with van der Waals surface area (Å²) in [7, 11) is 0. The maximum Gasteiger partial charge on any atom is 0.460 e. The van der Waals surface area contributed by atoms with Crippen LogP contribution in [0.2, 0.25) is 0 Å². The number of alkyl halides is 13. The fraction of sp³-hybridized carbons (Fsp3) is 0.537. The number of esters is 1. The van der Waals surface area contributed by atoms with Gasteiger partial charge in [0.05, 0.1) is 22.6 Å². The Morgan fingerprint density at radius 1 is 0.592 bits per heavy atom. The molecular formula is C54H56F14O2S6. The predicted molar refractivity (Wildman–Crippen MR) is 286 cm³/mol. The van der Waals surface area contributed by atoms with E-state index in [0.717, 1.165) is 105 Å². The third kappa shape index (κ3) is 11.0. The Labute approximate surface area is 455 Å². The molecule has 6 heterocycles. The van der Waals surface area contributed by atoms with E-state index in [1.165, 1.54) is 37.3 Å². The van der Waals surface area contributed by atoms with Crippen LogP contribution in [-0.4, -0.2) is 48.4 Å². The molecule has 0 aliphatic rings. The number of aryl methyl sites for hydroxylation is 1. The first kappa shape index (κ1) is 60.3. The second kappa shape index (κ2) is 22.3. The van der Waals surface area contributed by atoms with Crippen molar-refractivity contribution in [1.29, 1.82) is 0 Å². The topological polar surface area (TPSA) is 26.3 Å². The fourth-order valence-electron chi connectivity index (χ4n) is 9.17. The molecule has 0 saturated heterocycles. The number of carbonyl (C=O) groups excluding carboxylic acids is 1. The molecule has 7 aromatic rings. The zero-order chi connectivity index (χ0) is 56.3. The number of hydrogen-bond donors (Lipinski definition) is 0. The van der Waals surface area contributed by atoms with Gasteiger partial charge >= 0.3 is 41.8 Å². The maximum absolute atomic E-state index is 16.4. The van der Waals surface area contributed by atoms with Crippen molar-refractivity contribution in [2.75, 3.05) is 6.61 Å². The van der Waals surface area contributed by atoms with E-state index in [9.17, 15) is 61.9 Å². The maximum atomic E-state index is 16.4. The molecule has 76 heavy (non-hydrogen) atoms. The van der Waals surface area contributed by atoms with E-state index in [1.807, 2.05) is 6.07 Å². The van der Waals surface area contributed by atoms with Crippen molar-refractivity contribution in [3.05, 3.63) is 66.6 Å². The van der Waals surface area contributed by atoms with Crippen molar-refractivity contribution < 1.29 is 71.0 Å². The van der Waals surface area contributed by atoms with Gasteiger partial charge in [0.15, 0.2) is 5.82 Å². The molecule has 1 aromatic carbocycles. The summed E-state index contributed by atoms with van der Waals surface area (Å²) in [6.45, 7) is 14.9. The van der Waals surface area contributed by atoms with Crippen LogP contribution in [0.5, 0.6) is 0 Å². The van der Waals surface area contributed by atoms with Gasteiger partial charge in [-0.2, -0.15) is 57.1 Å². The Hall–Kier alpha value is -3.31. The van der Waals surface area contributed by atoms with Crippen LogP contribution in [0.4, 0.5) is 61.5 Å². The number of halogens is 14. The standard InChI is InChI=1S/C54H56F14O2S6/c1-9-13-15-28(11-3)23-30-17-19-34(72-30)39-32-25-36(74-42(32)40(33-26-37(48(6,7)8)75-43(33)39)35-20-18-31(73-35)24-29(12-4)16-14-10-2)44-45-38(27(5)71-44)41(55)46(76-45)47(69)70-22-21-49(56,57)50(58,59)51(60,61)52(62,63)53(64,65)54(66,67)68/h17-20,25-26,28-29H,9-16,21-24H2,1-8H3. The van der Waals surface area contributed by atoms with Crippen molar-refractivity contribution in [2.45, 2.75) is 167 Å². The number of fused-ring (bicyclic) bond motifs is 3. The number of ether oxygens (including phenoxy) is 1. The van der Waals surface area contributed by atoms with Gasteiger partial charge in [0, 0.05) is 70.8 Å². The zero-order valence-electron chi connectivity index (χ0n) is 42.7. The van der Waals surface area contributed by atoms with E-state index in [1.54, 1.807) is 40.9 Å². The summed E-state index contributed by atoms with van der Waals surface area (Å²) >= 11 is 8.47. The molecule has 22 heteroatoms. The third-order valence-electron chi connectivity index (χ3n) is 13.8. The summed E-state index contributed by atoms with van der Waals surface area (Å²) in [5.74, 6) is -39.8. The highest BCUT2D eigenvalue weighted by molar-refractivity contribution is 7.32. The number of unbranched alkanes of at least 4 members (excludes halogenated alkanes) is 2. The van der Waals surface area contributed by atoms with Gasteiger partial charge in [-0.05, 0) is 73.4 Å². The van der Waals surface area contributed by atoms with Gasteiger partial charge in [-0.25, -0.2) is 9.18 Å². The first-order valence-corrected chi connectivity index (χ1v) is 29.8. The lowest BCUT2D eigenvalue weighted by molar-refractivity contribution is -0.440. The molecule has 0 fully saturated rings. The van der Waals surface area contributed by atoms with Crippen molar-refractivity contribution in [1.82, 2.24) is 0 Å². The minimum atomic E-state index is -8.06. The molecule has 0 saturated carbocycles. The lowest BCUT2D eigenvalue weighted by atomic mass is 9.93. The summed E-state index contributed by atoms with van der Waals surface area (Å²) in [5.41, 5.74) is 1.89. The third-order valence-corrected chi connectivity index (χ3v) is 21.4. The van der Waals surface area contributed by atoms with Crippen LogP contribution < -0.4 is 0 Å².